The van der Waals surface area contributed by atoms with E-state index in [1.54, 1.807) is 19.9 Å². The number of carboxylic acids is 1. The van der Waals surface area contributed by atoms with Gasteiger partial charge in [0.2, 0.25) is 11.8 Å². The third-order valence-corrected chi connectivity index (χ3v) is 6.93. The Morgan fingerprint density at radius 3 is 2.50 bits per heavy atom. The van der Waals surface area contributed by atoms with E-state index in [0.29, 0.717) is 5.75 Å². The molecule has 1 aliphatic rings. The number of likely N-dealkylation sites (N-methyl/N-ethyl adjacent to an activating group) is 1. The molecule has 1 aromatic carbocycles. The molecule has 0 radical (unpaired) electrons. The van der Waals surface area contributed by atoms with Gasteiger partial charge < -0.3 is 25.4 Å². The van der Waals surface area contributed by atoms with E-state index in [-0.39, 0.29) is 24.2 Å². The van der Waals surface area contributed by atoms with Crippen LogP contribution in [0.15, 0.2) is 24.3 Å². The Hall–Kier alpha value is -2.94. The van der Waals surface area contributed by atoms with Gasteiger partial charge in [0.05, 0.1) is 0 Å². The highest BCUT2D eigenvalue weighted by Crippen LogP contribution is 2.37. The SMILES string of the molecule is CCC1(c2cccc(OC(=O)CC[C@H](NC(C)=O)C(=O)N[C@H](C(=O)O)C(C)C)c2)CCCCN(C)C1. The van der Waals surface area contributed by atoms with E-state index >= 15 is 0 Å². The highest BCUT2D eigenvalue weighted by Gasteiger charge is 2.33. The largest absolute Gasteiger partial charge is 0.480 e. The maximum Gasteiger partial charge on any atom is 0.326 e. The van der Waals surface area contributed by atoms with Crippen molar-refractivity contribution in [3.63, 3.8) is 0 Å². The van der Waals surface area contributed by atoms with Crippen molar-refractivity contribution in [3.05, 3.63) is 29.8 Å². The van der Waals surface area contributed by atoms with E-state index in [9.17, 15) is 24.3 Å². The number of rotatable bonds is 11. The summed E-state index contributed by atoms with van der Waals surface area (Å²) in [4.78, 5) is 50.7. The Labute approximate surface area is 214 Å². The molecule has 0 saturated carbocycles. The van der Waals surface area contributed by atoms with E-state index < -0.39 is 35.8 Å². The molecule has 0 bridgehead atoms. The van der Waals surface area contributed by atoms with Crippen LogP contribution in [0, 0.1) is 5.92 Å². The molecule has 1 fully saturated rings. The number of carbonyl (C=O) groups excluding carboxylic acids is 3. The first-order valence-corrected chi connectivity index (χ1v) is 12.8. The lowest BCUT2D eigenvalue weighted by Crippen LogP contribution is -2.53. The van der Waals surface area contributed by atoms with Crippen LogP contribution in [0.4, 0.5) is 0 Å². The number of aliphatic carboxylic acids is 1. The molecule has 1 aliphatic heterocycles. The van der Waals surface area contributed by atoms with E-state index in [4.69, 9.17) is 4.74 Å². The van der Waals surface area contributed by atoms with Gasteiger partial charge in [-0.25, -0.2) is 4.79 Å². The van der Waals surface area contributed by atoms with Gasteiger partial charge in [0.15, 0.2) is 0 Å². The topological polar surface area (TPSA) is 125 Å². The third kappa shape index (κ3) is 8.33. The molecule has 3 atom stereocenters. The van der Waals surface area contributed by atoms with Gasteiger partial charge in [0.25, 0.3) is 0 Å². The maximum atomic E-state index is 12.7. The quantitative estimate of drug-likeness (QED) is 0.313. The van der Waals surface area contributed by atoms with Gasteiger partial charge in [-0.05, 0) is 62.9 Å². The Balaban J connectivity index is 2.07. The van der Waals surface area contributed by atoms with Crippen molar-refractivity contribution in [3.8, 4) is 5.75 Å². The number of carboxylic acid groups (broad SMARTS) is 1. The summed E-state index contributed by atoms with van der Waals surface area (Å²) in [5, 5.41) is 14.3. The predicted octanol–water partition coefficient (Wildman–Crippen LogP) is 2.87. The van der Waals surface area contributed by atoms with E-state index in [2.05, 4.69) is 35.6 Å². The minimum Gasteiger partial charge on any atom is -0.480 e. The normalized spacial score (nSPS) is 20.2. The fourth-order valence-corrected chi connectivity index (χ4v) is 4.86. The zero-order valence-corrected chi connectivity index (χ0v) is 22.1. The number of carbonyl (C=O) groups is 4. The molecule has 0 aliphatic carbocycles. The van der Waals surface area contributed by atoms with Gasteiger partial charge in [-0.1, -0.05) is 39.3 Å². The number of likely N-dealkylation sites (tertiary alicyclic amines) is 1. The average molecular weight is 504 g/mol. The molecule has 0 spiro atoms. The molecule has 9 nitrogen and oxygen atoms in total. The third-order valence-electron chi connectivity index (χ3n) is 6.93. The lowest BCUT2D eigenvalue weighted by molar-refractivity contribution is -0.143. The van der Waals surface area contributed by atoms with Crippen molar-refractivity contribution in [2.75, 3.05) is 20.1 Å². The first-order chi connectivity index (χ1) is 17.0. The Bertz CT molecular complexity index is 934. The van der Waals surface area contributed by atoms with Crippen LogP contribution in [0.1, 0.15) is 71.8 Å². The lowest BCUT2D eigenvalue weighted by atomic mass is 9.74. The number of nitrogens with zero attached hydrogens (tertiary/aromatic N) is 1. The summed E-state index contributed by atoms with van der Waals surface area (Å²) in [6.07, 6.45) is 4.23. The number of hydrogen-bond acceptors (Lipinski definition) is 6. The number of hydrogen-bond donors (Lipinski definition) is 3. The zero-order chi connectivity index (χ0) is 26.9. The van der Waals surface area contributed by atoms with Gasteiger partial charge in [-0.3, -0.25) is 14.4 Å². The van der Waals surface area contributed by atoms with Crippen LogP contribution in [0.2, 0.25) is 0 Å². The van der Waals surface area contributed by atoms with Crippen molar-refractivity contribution in [2.45, 2.75) is 83.7 Å². The molecule has 1 unspecified atom stereocenters. The van der Waals surface area contributed by atoms with Crippen LogP contribution < -0.4 is 15.4 Å². The summed E-state index contributed by atoms with van der Waals surface area (Å²) in [7, 11) is 2.14. The van der Waals surface area contributed by atoms with Crippen LogP contribution in [-0.2, 0) is 24.6 Å². The van der Waals surface area contributed by atoms with Gasteiger partial charge in [-0.15, -0.1) is 0 Å². The monoisotopic (exact) mass is 503 g/mol. The Morgan fingerprint density at radius 2 is 1.89 bits per heavy atom. The molecule has 1 heterocycles. The molecular formula is C27H41N3O6. The number of benzene rings is 1. The van der Waals surface area contributed by atoms with Crippen LogP contribution in [-0.4, -0.2) is 66.0 Å². The first-order valence-electron chi connectivity index (χ1n) is 12.8. The van der Waals surface area contributed by atoms with Crippen molar-refractivity contribution in [2.24, 2.45) is 5.92 Å². The van der Waals surface area contributed by atoms with Gasteiger partial charge in [-0.2, -0.15) is 0 Å². The molecule has 36 heavy (non-hydrogen) atoms. The fourth-order valence-electron chi connectivity index (χ4n) is 4.86. The summed E-state index contributed by atoms with van der Waals surface area (Å²) < 4.78 is 5.60. The smallest absolute Gasteiger partial charge is 0.326 e. The lowest BCUT2D eigenvalue weighted by Gasteiger charge is -2.35. The van der Waals surface area contributed by atoms with Crippen LogP contribution in [0.3, 0.4) is 0 Å². The number of esters is 1. The minimum atomic E-state index is -1.16. The zero-order valence-electron chi connectivity index (χ0n) is 22.1. The van der Waals surface area contributed by atoms with E-state index in [1.165, 1.54) is 13.3 Å². The minimum absolute atomic E-state index is 0.000640. The number of nitrogens with one attached hydrogen (secondary N) is 2. The van der Waals surface area contributed by atoms with Gasteiger partial charge >= 0.3 is 11.9 Å². The van der Waals surface area contributed by atoms with E-state index in [0.717, 1.165) is 37.9 Å². The highest BCUT2D eigenvalue weighted by molar-refractivity contribution is 5.90. The standard InChI is InChI=1S/C27H41N3O6/c1-6-27(14-7-8-15-30(5)17-27)20-10-9-11-21(16-20)36-23(32)13-12-22(28-19(4)31)25(33)29-24(18(2)3)26(34)35/h9-11,16,18,22,24H,6-8,12-15,17H2,1-5H3,(H,28,31)(H,29,33)(H,34,35)/t22-,24-,27?/m0/s1. The molecule has 9 heteroatoms. The number of ether oxygens (including phenoxy) is 1. The molecule has 2 amide bonds. The predicted molar refractivity (Wildman–Crippen MR) is 137 cm³/mol. The highest BCUT2D eigenvalue weighted by atomic mass is 16.5. The second-order valence-electron chi connectivity index (χ2n) is 10.2. The fraction of sp³-hybridized carbons (Fsp3) is 0.630. The molecule has 1 saturated heterocycles. The van der Waals surface area contributed by atoms with Crippen molar-refractivity contribution in [1.82, 2.24) is 15.5 Å². The second-order valence-corrected chi connectivity index (χ2v) is 10.2. The molecular weight excluding hydrogens is 462 g/mol. The molecule has 3 N–H and O–H groups in total. The molecule has 1 aromatic rings. The Kier molecular flexibility index (Phi) is 10.9. The first kappa shape index (κ1) is 29.3. The van der Waals surface area contributed by atoms with Crippen LogP contribution in [0.5, 0.6) is 5.75 Å². The summed E-state index contributed by atoms with van der Waals surface area (Å²) in [6, 6.07) is 5.50. The van der Waals surface area contributed by atoms with Gasteiger partial charge in [0.1, 0.15) is 17.8 Å². The molecule has 0 aromatic heterocycles. The van der Waals surface area contributed by atoms with Crippen molar-refractivity contribution in [1.29, 1.82) is 0 Å². The second kappa shape index (κ2) is 13.4. The van der Waals surface area contributed by atoms with Gasteiger partial charge in [0, 0.05) is 25.3 Å². The van der Waals surface area contributed by atoms with E-state index in [1.807, 2.05) is 12.1 Å². The summed E-state index contributed by atoms with van der Waals surface area (Å²) in [5.41, 5.74) is 1.15. The average Bonchev–Trinajstić information content (AvgIpc) is 3.01. The van der Waals surface area contributed by atoms with Crippen molar-refractivity contribution >= 4 is 23.8 Å². The Morgan fingerprint density at radius 1 is 1.17 bits per heavy atom. The van der Waals surface area contributed by atoms with Crippen LogP contribution >= 0.6 is 0 Å². The summed E-state index contributed by atoms with van der Waals surface area (Å²) in [6.45, 7) is 8.82. The van der Waals surface area contributed by atoms with Crippen molar-refractivity contribution < 1.29 is 29.0 Å². The molecule has 200 valence electrons. The summed E-state index contributed by atoms with van der Waals surface area (Å²) >= 11 is 0. The molecule has 2 rings (SSSR count). The van der Waals surface area contributed by atoms with Crippen LogP contribution in [0.25, 0.3) is 0 Å². The maximum absolute atomic E-state index is 12.7. The number of amides is 2. The summed E-state index contributed by atoms with van der Waals surface area (Å²) in [5.74, 6) is -2.69.